The molecule has 0 unspecified atom stereocenters. The topological polar surface area (TPSA) is 54.9 Å². The van der Waals surface area contributed by atoms with E-state index in [1.807, 2.05) is 19.1 Å². The van der Waals surface area contributed by atoms with Crippen molar-refractivity contribution in [1.82, 2.24) is 9.97 Å². The van der Waals surface area contributed by atoms with E-state index in [2.05, 4.69) is 31.2 Å². The molecule has 17 heavy (non-hydrogen) atoms. The fourth-order valence-electron chi connectivity index (χ4n) is 1.34. The highest BCUT2D eigenvalue weighted by atomic mass is 79.9. The molecule has 0 bridgehead atoms. The van der Waals surface area contributed by atoms with E-state index in [4.69, 9.17) is 0 Å². The van der Waals surface area contributed by atoms with Gasteiger partial charge in [-0.05, 0) is 47.1 Å². The first kappa shape index (κ1) is 11.7. The Morgan fingerprint density at radius 2 is 2.18 bits per heavy atom. The third-order valence-corrected chi connectivity index (χ3v) is 2.55. The number of anilines is 1. The van der Waals surface area contributed by atoms with Gasteiger partial charge in [-0.25, -0.2) is 9.97 Å². The van der Waals surface area contributed by atoms with Gasteiger partial charge in [0.2, 0.25) is 0 Å². The second kappa shape index (κ2) is 5.05. The molecule has 0 spiro atoms. The third-order valence-electron chi connectivity index (χ3n) is 2.12. The summed E-state index contributed by atoms with van der Waals surface area (Å²) in [5.41, 5.74) is 1.40. The highest BCUT2D eigenvalue weighted by Gasteiger charge is 2.07. The van der Waals surface area contributed by atoms with Crippen molar-refractivity contribution < 1.29 is 4.79 Å². The Morgan fingerprint density at radius 1 is 1.35 bits per heavy atom. The van der Waals surface area contributed by atoms with E-state index in [9.17, 15) is 4.79 Å². The van der Waals surface area contributed by atoms with Crippen molar-refractivity contribution in [3.63, 3.8) is 0 Å². The molecule has 0 aromatic carbocycles. The average Bonchev–Trinajstić information content (AvgIpc) is 2.29. The van der Waals surface area contributed by atoms with E-state index >= 15 is 0 Å². The zero-order valence-electron chi connectivity index (χ0n) is 9.14. The summed E-state index contributed by atoms with van der Waals surface area (Å²) < 4.78 is 0.627. The number of hydrogen-bond donors (Lipinski definition) is 1. The van der Waals surface area contributed by atoms with Crippen LogP contribution in [0.25, 0.3) is 0 Å². The number of pyridine rings is 2. The number of carbonyl (C=O) groups is 1. The third kappa shape index (κ3) is 3.10. The van der Waals surface area contributed by atoms with Crippen molar-refractivity contribution in [2.75, 3.05) is 5.32 Å². The van der Waals surface area contributed by atoms with Gasteiger partial charge in [0.25, 0.3) is 5.91 Å². The summed E-state index contributed by atoms with van der Waals surface area (Å²) in [5, 5.41) is 2.73. The number of aromatic nitrogens is 2. The molecule has 1 N–H and O–H groups in total. The van der Waals surface area contributed by atoms with Gasteiger partial charge in [-0.1, -0.05) is 6.07 Å². The van der Waals surface area contributed by atoms with E-state index in [0.717, 1.165) is 5.69 Å². The quantitative estimate of drug-likeness (QED) is 0.866. The van der Waals surface area contributed by atoms with Gasteiger partial charge in [0, 0.05) is 17.5 Å². The number of amides is 1. The SMILES string of the molecule is Cc1cccc(NC(=O)c2ccnc(Br)c2)n1. The summed E-state index contributed by atoms with van der Waals surface area (Å²) in [7, 11) is 0. The maximum Gasteiger partial charge on any atom is 0.256 e. The second-order valence-electron chi connectivity index (χ2n) is 3.49. The van der Waals surface area contributed by atoms with Crippen LogP contribution in [0.4, 0.5) is 5.82 Å². The number of nitrogens with zero attached hydrogens (tertiary/aromatic N) is 2. The second-order valence-corrected chi connectivity index (χ2v) is 4.30. The predicted octanol–water partition coefficient (Wildman–Crippen LogP) is 2.80. The minimum atomic E-state index is -0.203. The first-order valence-electron chi connectivity index (χ1n) is 5.02. The van der Waals surface area contributed by atoms with Gasteiger partial charge in [-0.15, -0.1) is 0 Å². The molecule has 0 radical (unpaired) electrons. The molecule has 86 valence electrons. The fourth-order valence-corrected chi connectivity index (χ4v) is 1.71. The van der Waals surface area contributed by atoms with E-state index in [1.54, 1.807) is 24.4 Å². The molecule has 0 saturated heterocycles. The Hall–Kier alpha value is -1.75. The maximum atomic E-state index is 11.9. The van der Waals surface area contributed by atoms with E-state index in [0.29, 0.717) is 16.0 Å². The molecule has 1 amide bonds. The summed E-state index contributed by atoms with van der Waals surface area (Å²) in [6, 6.07) is 8.78. The highest BCUT2D eigenvalue weighted by molar-refractivity contribution is 9.10. The number of aryl methyl sites for hydroxylation is 1. The Kier molecular flexibility index (Phi) is 3.49. The van der Waals surface area contributed by atoms with Gasteiger partial charge >= 0.3 is 0 Å². The number of rotatable bonds is 2. The number of nitrogens with one attached hydrogen (secondary N) is 1. The van der Waals surface area contributed by atoms with E-state index in [1.165, 1.54) is 0 Å². The van der Waals surface area contributed by atoms with Gasteiger partial charge in [0.05, 0.1) is 0 Å². The van der Waals surface area contributed by atoms with Crippen LogP contribution in [0.1, 0.15) is 16.1 Å². The lowest BCUT2D eigenvalue weighted by molar-refractivity contribution is 0.102. The molecule has 4 nitrogen and oxygen atoms in total. The molecule has 2 heterocycles. The molecule has 2 aromatic rings. The Morgan fingerprint density at radius 3 is 2.88 bits per heavy atom. The smallest absolute Gasteiger partial charge is 0.256 e. The van der Waals surface area contributed by atoms with Crippen LogP contribution < -0.4 is 5.32 Å². The molecule has 0 aliphatic carbocycles. The van der Waals surface area contributed by atoms with Gasteiger partial charge < -0.3 is 5.32 Å². The van der Waals surface area contributed by atoms with Gasteiger partial charge in [0.15, 0.2) is 0 Å². The Balaban J connectivity index is 2.17. The van der Waals surface area contributed by atoms with Crippen molar-refractivity contribution in [3.05, 3.63) is 52.4 Å². The van der Waals surface area contributed by atoms with Gasteiger partial charge in [-0.3, -0.25) is 4.79 Å². The predicted molar refractivity (Wildman–Crippen MR) is 68.9 cm³/mol. The lowest BCUT2D eigenvalue weighted by Crippen LogP contribution is -2.13. The van der Waals surface area contributed by atoms with Crippen LogP contribution in [-0.2, 0) is 0 Å². The van der Waals surface area contributed by atoms with Crippen molar-refractivity contribution in [1.29, 1.82) is 0 Å². The summed E-state index contributed by atoms with van der Waals surface area (Å²) in [6.07, 6.45) is 1.57. The van der Waals surface area contributed by atoms with Crippen molar-refractivity contribution >= 4 is 27.7 Å². The molecule has 2 rings (SSSR count). The zero-order valence-corrected chi connectivity index (χ0v) is 10.7. The number of hydrogen-bond acceptors (Lipinski definition) is 3. The van der Waals surface area contributed by atoms with Crippen molar-refractivity contribution in [2.45, 2.75) is 6.92 Å². The molecule has 0 saturated carbocycles. The number of halogens is 1. The Bertz CT molecular complexity index is 557. The molecule has 5 heteroatoms. The van der Waals surface area contributed by atoms with Crippen LogP contribution in [0.15, 0.2) is 41.1 Å². The zero-order chi connectivity index (χ0) is 12.3. The van der Waals surface area contributed by atoms with Gasteiger partial charge in [0.1, 0.15) is 10.4 Å². The summed E-state index contributed by atoms with van der Waals surface area (Å²) in [6.45, 7) is 1.87. The summed E-state index contributed by atoms with van der Waals surface area (Å²) in [5.74, 6) is 0.342. The van der Waals surface area contributed by atoms with Crippen LogP contribution in [-0.4, -0.2) is 15.9 Å². The lowest BCUT2D eigenvalue weighted by Gasteiger charge is -2.04. The standard InChI is InChI=1S/C12H10BrN3O/c1-8-3-2-4-11(15-8)16-12(17)9-5-6-14-10(13)7-9/h2-7H,1H3,(H,15,16,17). The Labute approximate surface area is 107 Å². The normalized spacial score (nSPS) is 10.0. The van der Waals surface area contributed by atoms with Crippen LogP contribution in [0, 0.1) is 6.92 Å². The molecular formula is C12H10BrN3O. The summed E-state index contributed by atoms with van der Waals surface area (Å²) in [4.78, 5) is 20.0. The highest BCUT2D eigenvalue weighted by Crippen LogP contribution is 2.10. The van der Waals surface area contributed by atoms with Crippen molar-refractivity contribution in [2.24, 2.45) is 0 Å². The molecule has 0 aliphatic heterocycles. The number of carbonyl (C=O) groups excluding carboxylic acids is 1. The molecule has 0 atom stereocenters. The summed E-state index contributed by atoms with van der Waals surface area (Å²) >= 11 is 3.22. The first-order valence-corrected chi connectivity index (χ1v) is 5.81. The van der Waals surface area contributed by atoms with Crippen LogP contribution in [0.2, 0.25) is 0 Å². The van der Waals surface area contributed by atoms with E-state index in [-0.39, 0.29) is 5.91 Å². The minimum Gasteiger partial charge on any atom is -0.307 e. The fraction of sp³-hybridized carbons (Fsp3) is 0.0833. The maximum absolute atomic E-state index is 11.9. The molecule has 0 aliphatic rings. The molecule has 2 aromatic heterocycles. The average molecular weight is 292 g/mol. The van der Waals surface area contributed by atoms with Crippen LogP contribution in [0.3, 0.4) is 0 Å². The largest absolute Gasteiger partial charge is 0.307 e. The first-order chi connectivity index (χ1) is 8.15. The van der Waals surface area contributed by atoms with Gasteiger partial charge in [-0.2, -0.15) is 0 Å². The van der Waals surface area contributed by atoms with Crippen LogP contribution in [0.5, 0.6) is 0 Å². The van der Waals surface area contributed by atoms with E-state index < -0.39 is 0 Å². The monoisotopic (exact) mass is 291 g/mol. The van der Waals surface area contributed by atoms with Crippen molar-refractivity contribution in [3.8, 4) is 0 Å². The molecule has 0 fully saturated rings. The van der Waals surface area contributed by atoms with Crippen LogP contribution >= 0.6 is 15.9 Å². The molecular weight excluding hydrogens is 282 g/mol. The minimum absolute atomic E-state index is 0.203. The lowest BCUT2D eigenvalue weighted by atomic mass is 10.2.